The van der Waals surface area contributed by atoms with E-state index in [1.54, 1.807) is 5.57 Å². The summed E-state index contributed by atoms with van der Waals surface area (Å²) in [6, 6.07) is 0. The summed E-state index contributed by atoms with van der Waals surface area (Å²) in [5.74, 6) is 4.66. The highest BCUT2D eigenvalue weighted by atomic mass is 16.3. The van der Waals surface area contributed by atoms with Crippen LogP contribution in [-0.2, 0) is 0 Å². The summed E-state index contributed by atoms with van der Waals surface area (Å²) >= 11 is 0. The van der Waals surface area contributed by atoms with Gasteiger partial charge in [0.25, 0.3) is 0 Å². The van der Waals surface area contributed by atoms with Crippen molar-refractivity contribution in [2.24, 2.45) is 51.8 Å². The molecule has 9 atom stereocenters. The minimum atomic E-state index is -0.0983. The maximum absolute atomic E-state index is 10.3. The zero-order chi connectivity index (χ0) is 22.6. The monoisotopic (exact) mass is 426 g/mol. The molecule has 0 aromatic carbocycles. The van der Waals surface area contributed by atoms with Gasteiger partial charge in [0.2, 0.25) is 0 Å². The van der Waals surface area contributed by atoms with E-state index >= 15 is 0 Å². The van der Waals surface area contributed by atoms with Gasteiger partial charge in [0.1, 0.15) is 0 Å². The molecule has 0 bridgehead atoms. The van der Waals surface area contributed by atoms with Crippen molar-refractivity contribution in [2.75, 3.05) is 0 Å². The number of fused-ring (bicyclic) bond motifs is 5. The average Bonchev–Trinajstić information content (AvgIpc) is 3.07. The van der Waals surface area contributed by atoms with Crippen molar-refractivity contribution in [3.63, 3.8) is 0 Å². The first-order valence-corrected chi connectivity index (χ1v) is 13.6. The highest BCUT2D eigenvalue weighted by Crippen LogP contribution is 2.71. The van der Waals surface area contributed by atoms with Crippen molar-refractivity contribution in [3.05, 3.63) is 23.8 Å². The molecule has 0 spiro atoms. The van der Waals surface area contributed by atoms with Gasteiger partial charge in [-0.15, -0.1) is 0 Å². The van der Waals surface area contributed by atoms with Crippen LogP contribution in [0.5, 0.6) is 0 Å². The summed E-state index contributed by atoms with van der Waals surface area (Å²) in [5.41, 5.74) is 2.87. The summed E-state index contributed by atoms with van der Waals surface area (Å²) in [6.07, 6.45) is 18.9. The lowest BCUT2D eigenvalue weighted by Gasteiger charge is -2.63. The Bertz CT molecular complexity index is 718. The largest absolute Gasteiger partial charge is 0.393 e. The fourth-order valence-electron chi connectivity index (χ4n) is 9.48. The van der Waals surface area contributed by atoms with Crippen LogP contribution in [0.2, 0.25) is 0 Å². The van der Waals surface area contributed by atoms with Crippen LogP contribution in [0, 0.1) is 51.8 Å². The third-order valence-corrected chi connectivity index (χ3v) is 11.3. The standard InChI is InChI=1S/C30H50O/c1-8-22(20(2)3)10-9-21(4)25-11-12-26-29(25,6)18-15-27-28(5)17-14-24(31)19-23(28)13-16-30(26,27)7/h9-10,13,20-22,24-27,31H,8,11-12,14-19H2,1-7H3/b10-9+/t21-,22-,24+,25-,26-,27-,28+,29-,30+/m1/s1. The van der Waals surface area contributed by atoms with E-state index in [4.69, 9.17) is 0 Å². The number of allylic oxidation sites excluding steroid dienone is 3. The fraction of sp³-hybridized carbons (Fsp3) is 0.867. The molecule has 1 N–H and O–H groups in total. The molecule has 1 nitrogen and oxygen atoms in total. The van der Waals surface area contributed by atoms with Gasteiger partial charge in [0, 0.05) is 0 Å². The van der Waals surface area contributed by atoms with Crippen molar-refractivity contribution in [2.45, 2.75) is 112 Å². The predicted octanol–water partition coefficient (Wildman–Crippen LogP) is 8.19. The van der Waals surface area contributed by atoms with Crippen molar-refractivity contribution >= 4 is 0 Å². The number of hydrogen-bond acceptors (Lipinski definition) is 1. The smallest absolute Gasteiger partial charge is 0.0577 e. The van der Waals surface area contributed by atoms with E-state index in [1.165, 1.54) is 44.9 Å². The molecule has 0 radical (unpaired) electrons. The molecule has 0 saturated heterocycles. The lowest BCUT2D eigenvalue weighted by molar-refractivity contribution is -0.112. The zero-order valence-electron chi connectivity index (χ0n) is 21.6. The summed E-state index contributed by atoms with van der Waals surface area (Å²) in [7, 11) is 0. The van der Waals surface area contributed by atoms with Crippen LogP contribution in [-0.4, -0.2) is 11.2 Å². The number of hydrogen-bond donors (Lipinski definition) is 1. The molecule has 4 aliphatic carbocycles. The summed E-state index contributed by atoms with van der Waals surface area (Å²) in [6.45, 7) is 17.5. The van der Waals surface area contributed by atoms with E-state index in [2.05, 4.69) is 66.7 Å². The normalized spacial score (nSPS) is 46.9. The zero-order valence-corrected chi connectivity index (χ0v) is 21.6. The molecule has 176 valence electrons. The van der Waals surface area contributed by atoms with Crippen LogP contribution >= 0.6 is 0 Å². The number of rotatable bonds is 5. The second-order valence-corrected chi connectivity index (χ2v) is 13.1. The van der Waals surface area contributed by atoms with E-state index in [1.807, 2.05) is 0 Å². The molecule has 4 rings (SSSR count). The Morgan fingerprint density at radius 1 is 0.968 bits per heavy atom. The number of aliphatic hydroxyl groups is 1. The average molecular weight is 427 g/mol. The molecule has 0 aromatic rings. The molecular weight excluding hydrogens is 376 g/mol. The second-order valence-electron chi connectivity index (χ2n) is 13.1. The SMILES string of the molecule is CC[C@H](/C=C/[C@@H](C)[C@H]1CC[C@@H]2[C@]1(C)CC[C@H]1[C@@]2(C)CC=C2C[C@@H](O)CC[C@@]21C)C(C)C. The molecular formula is C30H50O. The van der Waals surface area contributed by atoms with Crippen LogP contribution in [0.1, 0.15) is 106 Å². The van der Waals surface area contributed by atoms with E-state index in [0.29, 0.717) is 22.2 Å². The van der Waals surface area contributed by atoms with E-state index < -0.39 is 0 Å². The Morgan fingerprint density at radius 3 is 2.39 bits per heavy atom. The lowest BCUT2D eigenvalue weighted by atomic mass is 9.41. The van der Waals surface area contributed by atoms with E-state index in [9.17, 15) is 5.11 Å². The van der Waals surface area contributed by atoms with Crippen molar-refractivity contribution in [1.29, 1.82) is 0 Å². The summed E-state index contributed by atoms with van der Waals surface area (Å²) in [4.78, 5) is 0. The highest BCUT2D eigenvalue weighted by Gasteiger charge is 2.63. The molecule has 0 amide bonds. The Hall–Kier alpha value is -0.560. The first kappa shape index (κ1) is 23.6. The maximum Gasteiger partial charge on any atom is 0.0577 e. The molecule has 0 heterocycles. The molecule has 1 heteroatoms. The first-order valence-electron chi connectivity index (χ1n) is 13.6. The van der Waals surface area contributed by atoms with Gasteiger partial charge < -0.3 is 5.11 Å². The van der Waals surface area contributed by atoms with Gasteiger partial charge in [-0.1, -0.05) is 72.3 Å². The van der Waals surface area contributed by atoms with Gasteiger partial charge >= 0.3 is 0 Å². The van der Waals surface area contributed by atoms with Gasteiger partial charge in [-0.3, -0.25) is 0 Å². The second kappa shape index (κ2) is 8.34. The topological polar surface area (TPSA) is 20.2 Å². The molecule has 4 aliphatic rings. The maximum atomic E-state index is 10.3. The third kappa shape index (κ3) is 3.70. The Kier molecular flexibility index (Phi) is 6.35. The minimum absolute atomic E-state index is 0.0983. The molecule has 0 aliphatic heterocycles. The van der Waals surface area contributed by atoms with Crippen LogP contribution in [0.25, 0.3) is 0 Å². The third-order valence-electron chi connectivity index (χ3n) is 11.3. The van der Waals surface area contributed by atoms with Gasteiger partial charge in [-0.25, -0.2) is 0 Å². The fourth-order valence-corrected chi connectivity index (χ4v) is 9.48. The van der Waals surface area contributed by atoms with Crippen molar-refractivity contribution in [3.8, 4) is 0 Å². The summed E-state index contributed by atoms with van der Waals surface area (Å²) < 4.78 is 0. The van der Waals surface area contributed by atoms with Gasteiger partial charge in [0.05, 0.1) is 6.10 Å². The molecule has 3 saturated carbocycles. The quantitative estimate of drug-likeness (QED) is 0.439. The van der Waals surface area contributed by atoms with Gasteiger partial charge in [-0.2, -0.15) is 0 Å². The predicted molar refractivity (Wildman–Crippen MR) is 133 cm³/mol. The van der Waals surface area contributed by atoms with Crippen LogP contribution < -0.4 is 0 Å². The first-order chi connectivity index (χ1) is 14.6. The Balaban J connectivity index is 1.57. The minimum Gasteiger partial charge on any atom is -0.393 e. The van der Waals surface area contributed by atoms with E-state index in [0.717, 1.165) is 42.4 Å². The lowest BCUT2D eigenvalue weighted by Crippen LogP contribution is -2.56. The molecule has 31 heavy (non-hydrogen) atoms. The van der Waals surface area contributed by atoms with Gasteiger partial charge in [-0.05, 0) is 110 Å². The van der Waals surface area contributed by atoms with Crippen molar-refractivity contribution < 1.29 is 5.11 Å². The Morgan fingerprint density at radius 2 is 1.71 bits per heavy atom. The molecule has 0 aromatic heterocycles. The van der Waals surface area contributed by atoms with E-state index in [-0.39, 0.29) is 6.10 Å². The van der Waals surface area contributed by atoms with Crippen molar-refractivity contribution in [1.82, 2.24) is 0 Å². The Labute approximate surface area is 193 Å². The van der Waals surface area contributed by atoms with Crippen LogP contribution in [0.3, 0.4) is 0 Å². The number of aliphatic hydroxyl groups excluding tert-OH is 1. The molecule has 3 fully saturated rings. The molecule has 0 unspecified atom stereocenters. The van der Waals surface area contributed by atoms with Crippen LogP contribution in [0.15, 0.2) is 23.8 Å². The summed E-state index contributed by atoms with van der Waals surface area (Å²) in [5, 5.41) is 10.3. The van der Waals surface area contributed by atoms with Crippen LogP contribution in [0.4, 0.5) is 0 Å². The highest BCUT2D eigenvalue weighted by molar-refractivity contribution is 5.28. The van der Waals surface area contributed by atoms with Gasteiger partial charge in [0.15, 0.2) is 0 Å².